The molecule has 3 fully saturated rings. The molecule has 1 spiro atoms. The number of hydrogen-bond acceptors (Lipinski definition) is 3. The van der Waals surface area contributed by atoms with E-state index in [9.17, 15) is 4.79 Å². The molecular weight excluding hydrogens is 286 g/mol. The third kappa shape index (κ3) is 3.14. The Kier molecular flexibility index (Phi) is 3.88. The van der Waals surface area contributed by atoms with Gasteiger partial charge in [-0.3, -0.25) is 9.78 Å². The lowest BCUT2D eigenvalue weighted by atomic mass is 9.84. The molecule has 1 aliphatic carbocycles. The van der Waals surface area contributed by atoms with Crippen LogP contribution in [0.3, 0.4) is 0 Å². The molecule has 1 aromatic rings. The number of amides is 1. The predicted octanol–water partition coefficient (Wildman–Crippen LogP) is 2.76. The maximum Gasteiger partial charge on any atom is 0.223 e. The second-order valence-corrected chi connectivity index (χ2v) is 7.72. The van der Waals surface area contributed by atoms with Gasteiger partial charge in [-0.05, 0) is 57.1 Å². The van der Waals surface area contributed by atoms with E-state index < -0.39 is 0 Å². The smallest absolute Gasteiger partial charge is 0.223 e. The zero-order valence-corrected chi connectivity index (χ0v) is 14.1. The number of aryl methyl sites for hydroxylation is 1. The first-order valence-corrected chi connectivity index (χ1v) is 9.10. The Bertz CT molecular complexity index is 588. The van der Waals surface area contributed by atoms with Crippen molar-refractivity contribution in [2.75, 3.05) is 19.6 Å². The second kappa shape index (κ2) is 5.90. The molecular formula is C19H27N3O. The lowest BCUT2D eigenvalue weighted by Crippen LogP contribution is -2.53. The molecule has 4 rings (SSSR count). The maximum absolute atomic E-state index is 12.5. The molecule has 2 saturated heterocycles. The average Bonchev–Trinajstić information content (AvgIpc) is 3.31. The standard InChI is InChI=1S/C19H27N3O/c1-15-3-2-4-17(20-15)14-22-18(23)7-8-19(22)9-11-21(12-10-19)13-16-5-6-16/h2-4,16H,5-14H2,1H3. The van der Waals surface area contributed by atoms with Gasteiger partial charge in [-0.15, -0.1) is 0 Å². The number of aromatic nitrogens is 1. The molecule has 0 bridgehead atoms. The molecule has 3 aliphatic rings. The summed E-state index contributed by atoms with van der Waals surface area (Å²) in [6, 6.07) is 6.11. The summed E-state index contributed by atoms with van der Waals surface area (Å²) in [6.45, 7) is 6.29. The van der Waals surface area contributed by atoms with E-state index >= 15 is 0 Å². The highest BCUT2D eigenvalue weighted by Crippen LogP contribution is 2.41. The van der Waals surface area contributed by atoms with E-state index in [-0.39, 0.29) is 5.54 Å². The van der Waals surface area contributed by atoms with Crippen LogP contribution in [-0.2, 0) is 11.3 Å². The van der Waals surface area contributed by atoms with Crippen molar-refractivity contribution >= 4 is 5.91 Å². The fraction of sp³-hybridized carbons (Fsp3) is 0.684. The van der Waals surface area contributed by atoms with E-state index in [2.05, 4.69) is 20.9 Å². The van der Waals surface area contributed by atoms with Crippen molar-refractivity contribution < 1.29 is 4.79 Å². The Labute approximate surface area is 138 Å². The molecule has 0 atom stereocenters. The summed E-state index contributed by atoms with van der Waals surface area (Å²) < 4.78 is 0. The van der Waals surface area contributed by atoms with Crippen molar-refractivity contribution in [3.63, 3.8) is 0 Å². The normalized spacial score (nSPS) is 24.6. The SMILES string of the molecule is Cc1cccc(CN2C(=O)CCC23CCN(CC2CC2)CC3)n1. The molecule has 4 heteroatoms. The molecule has 1 saturated carbocycles. The summed E-state index contributed by atoms with van der Waals surface area (Å²) in [5.74, 6) is 1.28. The number of rotatable bonds is 4. The molecule has 124 valence electrons. The van der Waals surface area contributed by atoms with Crippen LogP contribution in [0.1, 0.15) is 49.9 Å². The van der Waals surface area contributed by atoms with Crippen LogP contribution in [-0.4, -0.2) is 45.9 Å². The predicted molar refractivity (Wildman–Crippen MR) is 89.9 cm³/mol. The number of nitrogens with zero attached hydrogens (tertiary/aromatic N) is 3. The fourth-order valence-electron chi connectivity index (χ4n) is 4.32. The van der Waals surface area contributed by atoms with Crippen LogP contribution in [0.2, 0.25) is 0 Å². The first kappa shape index (κ1) is 15.1. The van der Waals surface area contributed by atoms with E-state index in [4.69, 9.17) is 0 Å². The summed E-state index contributed by atoms with van der Waals surface area (Å²) >= 11 is 0. The molecule has 0 unspecified atom stereocenters. The van der Waals surface area contributed by atoms with Gasteiger partial charge >= 0.3 is 0 Å². The first-order valence-electron chi connectivity index (χ1n) is 9.10. The zero-order valence-electron chi connectivity index (χ0n) is 14.1. The minimum absolute atomic E-state index is 0.0998. The molecule has 4 nitrogen and oxygen atoms in total. The Hall–Kier alpha value is -1.42. The Morgan fingerprint density at radius 3 is 2.70 bits per heavy atom. The summed E-state index contributed by atoms with van der Waals surface area (Å²) in [5.41, 5.74) is 2.16. The molecule has 1 aromatic heterocycles. The Morgan fingerprint density at radius 1 is 1.22 bits per heavy atom. The van der Waals surface area contributed by atoms with Crippen LogP contribution < -0.4 is 0 Å². The molecule has 23 heavy (non-hydrogen) atoms. The summed E-state index contributed by atoms with van der Waals surface area (Å²) in [4.78, 5) is 21.9. The fourth-order valence-corrected chi connectivity index (χ4v) is 4.32. The van der Waals surface area contributed by atoms with Gasteiger partial charge in [0.2, 0.25) is 5.91 Å². The van der Waals surface area contributed by atoms with Gasteiger partial charge in [0.25, 0.3) is 0 Å². The van der Waals surface area contributed by atoms with Crippen molar-refractivity contribution in [3.8, 4) is 0 Å². The van der Waals surface area contributed by atoms with Crippen LogP contribution in [0.4, 0.5) is 0 Å². The highest BCUT2D eigenvalue weighted by atomic mass is 16.2. The van der Waals surface area contributed by atoms with Crippen LogP contribution in [0, 0.1) is 12.8 Å². The molecule has 0 radical (unpaired) electrons. The van der Waals surface area contributed by atoms with E-state index in [1.807, 2.05) is 19.1 Å². The third-order valence-electron chi connectivity index (χ3n) is 5.94. The van der Waals surface area contributed by atoms with Gasteiger partial charge in [0, 0.05) is 37.3 Å². The van der Waals surface area contributed by atoms with Gasteiger partial charge in [-0.1, -0.05) is 6.07 Å². The van der Waals surface area contributed by atoms with Crippen LogP contribution >= 0.6 is 0 Å². The number of hydrogen-bond donors (Lipinski definition) is 0. The van der Waals surface area contributed by atoms with Crippen molar-refractivity contribution in [3.05, 3.63) is 29.6 Å². The summed E-state index contributed by atoms with van der Waals surface area (Å²) in [5, 5.41) is 0. The van der Waals surface area contributed by atoms with Gasteiger partial charge in [0.1, 0.15) is 0 Å². The largest absolute Gasteiger partial charge is 0.331 e. The maximum atomic E-state index is 12.5. The van der Waals surface area contributed by atoms with Gasteiger partial charge < -0.3 is 9.80 Å². The van der Waals surface area contributed by atoms with Crippen LogP contribution in [0.5, 0.6) is 0 Å². The molecule has 0 N–H and O–H groups in total. The van der Waals surface area contributed by atoms with E-state index in [0.29, 0.717) is 18.9 Å². The number of piperidine rings is 1. The molecule has 3 heterocycles. The number of likely N-dealkylation sites (tertiary alicyclic amines) is 2. The topological polar surface area (TPSA) is 36.4 Å². The summed E-state index contributed by atoms with van der Waals surface area (Å²) in [7, 11) is 0. The quantitative estimate of drug-likeness (QED) is 0.857. The Balaban J connectivity index is 1.45. The lowest BCUT2D eigenvalue weighted by Gasteiger charge is -2.45. The van der Waals surface area contributed by atoms with Gasteiger partial charge in [0.15, 0.2) is 0 Å². The van der Waals surface area contributed by atoms with E-state index in [0.717, 1.165) is 49.7 Å². The van der Waals surface area contributed by atoms with Crippen molar-refractivity contribution in [2.45, 2.75) is 57.5 Å². The molecule has 2 aliphatic heterocycles. The number of carbonyl (C=O) groups is 1. The minimum Gasteiger partial charge on any atom is -0.331 e. The second-order valence-electron chi connectivity index (χ2n) is 7.72. The van der Waals surface area contributed by atoms with Gasteiger partial charge in [-0.2, -0.15) is 0 Å². The van der Waals surface area contributed by atoms with Gasteiger partial charge in [0.05, 0.1) is 12.2 Å². The summed E-state index contributed by atoms with van der Waals surface area (Å²) in [6.07, 6.45) is 6.87. The Morgan fingerprint density at radius 2 is 2.00 bits per heavy atom. The third-order valence-corrected chi connectivity index (χ3v) is 5.94. The van der Waals surface area contributed by atoms with Gasteiger partial charge in [-0.25, -0.2) is 0 Å². The molecule has 0 aromatic carbocycles. The van der Waals surface area contributed by atoms with Crippen molar-refractivity contribution in [2.24, 2.45) is 5.92 Å². The number of pyridine rings is 1. The van der Waals surface area contributed by atoms with Crippen molar-refractivity contribution in [1.29, 1.82) is 0 Å². The van der Waals surface area contributed by atoms with Crippen LogP contribution in [0.15, 0.2) is 18.2 Å². The molecule has 1 amide bonds. The van der Waals surface area contributed by atoms with E-state index in [1.54, 1.807) is 0 Å². The first-order chi connectivity index (χ1) is 11.1. The van der Waals surface area contributed by atoms with E-state index in [1.165, 1.54) is 19.4 Å². The lowest BCUT2D eigenvalue weighted by molar-refractivity contribution is -0.133. The monoisotopic (exact) mass is 313 g/mol. The highest BCUT2D eigenvalue weighted by molar-refractivity contribution is 5.79. The average molecular weight is 313 g/mol. The number of carbonyl (C=O) groups excluding carboxylic acids is 1. The van der Waals surface area contributed by atoms with Crippen molar-refractivity contribution in [1.82, 2.24) is 14.8 Å². The minimum atomic E-state index is 0.0998. The van der Waals surface area contributed by atoms with Crippen LogP contribution in [0.25, 0.3) is 0 Å². The highest BCUT2D eigenvalue weighted by Gasteiger charge is 2.47. The zero-order chi connectivity index (χ0) is 15.9.